The number of carbonyl (C=O) groups is 4. The maximum absolute atomic E-state index is 13.0. The van der Waals surface area contributed by atoms with Gasteiger partial charge in [-0.15, -0.1) is 0 Å². The number of hydrogen-bond acceptors (Lipinski definition) is 6. The molecule has 176 valence electrons. The lowest BCUT2D eigenvalue weighted by molar-refractivity contribution is -0.143. The monoisotopic (exact) mass is 479 g/mol. The number of carbonyl (C=O) groups excluding carboxylic acids is 4. The Labute approximate surface area is 200 Å². The van der Waals surface area contributed by atoms with Gasteiger partial charge in [-0.1, -0.05) is 31.3 Å². The van der Waals surface area contributed by atoms with Crippen molar-refractivity contribution < 1.29 is 23.9 Å². The van der Waals surface area contributed by atoms with E-state index in [-0.39, 0.29) is 37.8 Å². The van der Waals surface area contributed by atoms with E-state index in [4.69, 9.17) is 4.74 Å². The SMILES string of the molecule is CCOC(=O)Cn1c(=NC(=O)c2ccc(N3C(=O)CCC3=O)cc2)sc2cc(C(C)C)ccc21. The van der Waals surface area contributed by atoms with Gasteiger partial charge < -0.3 is 9.30 Å². The van der Waals surface area contributed by atoms with Gasteiger partial charge in [0.2, 0.25) is 11.8 Å². The number of hydrogen-bond donors (Lipinski definition) is 0. The van der Waals surface area contributed by atoms with Crippen LogP contribution in [0.3, 0.4) is 0 Å². The van der Waals surface area contributed by atoms with Crippen molar-refractivity contribution >= 4 is 50.9 Å². The molecule has 9 heteroatoms. The van der Waals surface area contributed by atoms with Gasteiger partial charge in [0.05, 0.1) is 22.5 Å². The number of ether oxygens (including phenoxy) is 1. The Hall–Kier alpha value is -3.59. The van der Waals surface area contributed by atoms with Gasteiger partial charge in [-0.05, 0) is 54.8 Å². The predicted molar refractivity (Wildman–Crippen MR) is 129 cm³/mol. The van der Waals surface area contributed by atoms with Crippen LogP contribution in [-0.4, -0.2) is 34.9 Å². The van der Waals surface area contributed by atoms with Crippen molar-refractivity contribution in [2.75, 3.05) is 11.5 Å². The molecule has 3 aromatic rings. The fourth-order valence-corrected chi connectivity index (χ4v) is 4.87. The summed E-state index contributed by atoms with van der Waals surface area (Å²) in [6.07, 6.45) is 0.388. The Bertz CT molecular complexity index is 1340. The highest BCUT2D eigenvalue weighted by Gasteiger charge is 2.30. The van der Waals surface area contributed by atoms with Crippen molar-refractivity contribution in [2.24, 2.45) is 4.99 Å². The van der Waals surface area contributed by atoms with Crippen LogP contribution >= 0.6 is 11.3 Å². The molecule has 0 N–H and O–H groups in total. The Morgan fingerprint density at radius 2 is 1.74 bits per heavy atom. The molecule has 0 bridgehead atoms. The third-order valence-electron chi connectivity index (χ3n) is 5.59. The third-order valence-corrected chi connectivity index (χ3v) is 6.63. The highest BCUT2D eigenvalue weighted by molar-refractivity contribution is 7.16. The van der Waals surface area contributed by atoms with E-state index in [0.717, 1.165) is 20.7 Å². The first-order valence-corrected chi connectivity index (χ1v) is 11.9. The van der Waals surface area contributed by atoms with Gasteiger partial charge in [0.1, 0.15) is 6.54 Å². The number of imide groups is 1. The van der Waals surface area contributed by atoms with Crippen LogP contribution < -0.4 is 9.70 Å². The molecule has 8 nitrogen and oxygen atoms in total. The van der Waals surface area contributed by atoms with E-state index in [2.05, 4.69) is 24.9 Å². The van der Waals surface area contributed by atoms with Crippen LogP contribution in [-0.2, 0) is 25.7 Å². The van der Waals surface area contributed by atoms with Gasteiger partial charge in [0, 0.05) is 18.4 Å². The molecule has 0 saturated carbocycles. The average molecular weight is 480 g/mol. The molecule has 2 heterocycles. The van der Waals surface area contributed by atoms with E-state index < -0.39 is 11.9 Å². The van der Waals surface area contributed by atoms with Crippen LogP contribution in [0.25, 0.3) is 10.2 Å². The molecule has 1 aromatic heterocycles. The van der Waals surface area contributed by atoms with E-state index in [1.165, 1.54) is 11.3 Å². The summed E-state index contributed by atoms with van der Waals surface area (Å²) in [4.78, 5) is 54.9. The lowest BCUT2D eigenvalue weighted by Crippen LogP contribution is -2.28. The van der Waals surface area contributed by atoms with Crippen molar-refractivity contribution in [1.82, 2.24) is 4.57 Å². The first-order chi connectivity index (χ1) is 16.3. The third kappa shape index (κ3) is 4.70. The molecule has 3 amide bonds. The maximum atomic E-state index is 13.0. The molecular formula is C25H25N3O5S. The number of benzene rings is 2. The van der Waals surface area contributed by atoms with Gasteiger partial charge in [-0.25, -0.2) is 0 Å². The van der Waals surface area contributed by atoms with Crippen LogP contribution in [0.4, 0.5) is 5.69 Å². The number of thiazole rings is 1. The quantitative estimate of drug-likeness (QED) is 0.396. The second kappa shape index (κ2) is 9.72. The number of amides is 3. The Morgan fingerprint density at radius 3 is 2.35 bits per heavy atom. The predicted octanol–water partition coefficient (Wildman–Crippen LogP) is 3.78. The molecular weight excluding hydrogens is 454 g/mol. The normalized spacial score (nSPS) is 14.5. The Kier molecular flexibility index (Phi) is 6.74. The molecule has 0 radical (unpaired) electrons. The van der Waals surface area contributed by atoms with E-state index in [1.807, 2.05) is 12.1 Å². The minimum absolute atomic E-state index is 0.0564. The minimum atomic E-state index is -0.487. The fraction of sp³-hybridized carbons (Fsp3) is 0.320. The zero-order valence-electron chi connectivity index (χ0n) is 19.2. The zero-order valence-corrected chi connectivity index (χ0v) is 20.1. The van der Waals surface area contributed by atoms with Crippen LogP contribution in [0.5, 0.6) is 0 Å². The first-order valence-electron chi connectivity index (χ1n) is 11.1. The Balaban J connectivity index is 1.71. The smallest absolute Gasteiger partial charge is 0.326 e. The summed E-state index contributed by atoms with van der Waals surface area (Å²) >= 11 is 1.33. The molecule has 0 unspecified atom stereocenters. The second-order valence-electron chi connectivity index (χ2n) is 8.24. The number of aromatic nitrogens is 1. The van der Waals surface area contributed by atoms with Gasteiger partial charge in [0.25, 0.3) is 5.91 Å². The van der Waals surface area contributed by atoms with E-state index in [1.54, 1.807) is 35.8 Å². The zero-order chi connectivity index (χ0) is 24.4. The summed E-state index contributed by atoms with van der Waals surface area (Å²) < 4.78 is 7.72. The van der Waals surface area contributed by atoms with Crippen molar-refractivity contribution in [3.8, 4) is 0 Å². The minimum Gasteiger partial charge on any atom is -0.465 e. The number of nitrogens with zero attached hydrogens (tertiary/aromatic N) is 3. The second-order valence-corrected chi connectivity index (χ2v) is 9.25. The van der Waals surface area contributed by atoms with Crippen molar-refractivity contribution in [2.45, 2.75) is 46.1 Å². The van der Waals surface area contributed by atoms with Gasteiger partial charge in [0.15, 0.2) is 4.80 Å². The number of esters is 1. The first kappa shape index (κ1) is 23.6. The Morgan fingerprint density at radius 1 is 1.06 bits per heavy atom. The summed E-state index contributed by atoms with van der Waals surface area (Å²) in [7, 11) is 0. The van der Waals surface area contributed by atoms with Crippen molar-refractivity contribution in [3.63, 3.8) is 0 Å². The lowest BCUT2D eigenvalue weighted by Gasteiger charge is -2.13. The maximum Gasteiger partial charge on any atom is 0.326 e. The van der Waals surface area contributed by atoms with E-state index in [9.17, 15) is 19.2 Å². The largest absolute Gasteiger partial charge is 0.465 e. The van der Waals surface area contributed by atoms with Crippen LogP contribution in [0, 0.1) is 0 Å². The molecule has 1 fully saturated rings. The van der Waals surface area contributed by atoms with Crippen LogP contribution in [0.1, 0.15) is 55.5 Å². The molecule has 1 saturated heterocycles. The topological polar surface area (TPSA) is 98.0 Å². The summed E-state index contributed by atoms with van der Waals surface area (Å²) in [5, 5.41) is 0. The van der Waals surface area contributed by atoms with Crippen molar-refractivity contribution in [1.29, 1.82) is 0 Å². The molecule has 4 rings (SSSR count). The molecule has 1 aliphatic rings. The summed E-state index contributed by atoms with van der Waals surface area (Å²) in [5.74, 6) is -1.06. The molecule has 0 atom stereocenters. The fourth-order valence-electron chi connectivity index (χ4n) is 3.79. The van der Waals surface area contributed by atoms with Crippen LogP contribution in [0.15, 0.2) is 47.5 Å². The van der Waals surface area contributed by atoms with Gasteiger partial charge >= 0.3 is 5.97 Å². The van der Waals surface area contributed by atoms with Gasteiger partial charge in [-0.2, -0.15) is 4.99 Å². The highest BCUT2D eigenvalue weighted by Crippen LogP contribution is 2.25. The number of rotatable bonds is 6. The van der Waals surface area contributed by atoms with Crippen molar-refractivity contribution in [3.05, 3.63) is 58.4 Å². The summed E-state index contributed by atoms with van der Waals surface area (Å²) in [6.45, 7) is 6.15. The lowest BCUT2D eigenvalue weighted by atomic mass is 10.0. The molecule has 1 aliphatic heterocycles. The standard InChI is InChI=1S/C25H25N3O5S/c1-4-33-23(31)14-27-19-10-7-17(15(2)3)13-20(19)34-25(27)26-24(32)16-5-8-18(9-6-16)28-21(29)11-12-22(28)30/h5-10,13,15H,4,11-12,14H2,1-3H3. The molecule has 2 aromatic carbocycles. The molecule has 0 spiro atoms. The average Bonchev–Trinajstić information content (AvgIpc) is 3.32. The van der Waals surface area contributed by atoms with Gasteiger partial charge in [-0.3, -0.25) is 24.1 Å². The molecule has 34 heavy (non-hydrogen) atoms. The number of fused-ring (bicyclic) bond motifs is 1. The number of anilines is 1. The van der Waals surface area contributed by atoms with E-state index >= 15 is 0 Å². The van der Waals surface area contributed by atoms with Crippen LogP contribution in [0.2, 0.25) is 0 Å². The summed E-state index contributed by atoms with van der Waals surface area (Å²) in [5.41, 5.74) is 2.70. The highest BCUT2D eigenvalue weighted by atomic mass is 32.1. The molecule has 0 aliphatic carbocycles. The summed E-state index contributed by atoms with van der Waals surface area (Å²) in [6, 6.07) is 12.2. The van der Waals surface area contributed by atoms with E-state index in [0.29, 0.717) is 22.0 Å².